The van der Waals surface area contributed by atoms with Gasteiger partial charge >= 0.3 is 0 Å². The fraction of sp³-hybridized carbons (Fsp3) is 0.682. The van der Waals surface area contributed by atoms with Crippen LogP contribution < -0.4 is 10.6 Å². The number of hydrogen-bond donors (Lipinski definition) is 2. The highest BCUT2D eigenvalue weighted by molar-refractivity contribution is 14.0. The van der Waals surface area contributed by atoms with Crippen molar-refractivity contribution in [2.45, 2.75) is 26.2 Å². The Morgan fingerprint density at radius 3 is 2.76 bits per heavy atom. The summed E-state index contributed by atoms with van der Waals surface area (Å²) in [5, 5.41) is 6.75. The van der Waals surface area contributed by atoms with E-state index in [-0.39, 0.29) is 24.0 Å². The molecule has 29 heavy (non-hydrogen) atoms. The van der Waals surface area contributed by atoms with E-state index in [9.17, 15) is 0 Å². The maximum atomic E-state index is 5.49. The highest BCUT2D eigenvalue weighted by Gasteiger charge is 2.21. The van der Waals surface area contributed by atoms with Crippen LogP contribution in [-0.2, 0) is 15.9 Å². The fourth-order valence-electron chi connectivity index (χ4n) is 3.38. The summed E-state index contributed by atoms with van der Waals surface area (Å²) in [6, 6.07) is 10.8. The number of nitrogens with zero attached hydrogens (tertiary/aromatic N) is 2. The van der Waals surface area contributed by atoms with Gasteiger partial charge in [0.2, 0.25) is 0 Å². The molecule has 1 aliphatic heterocycles. The molecule has 166 valence electrons. The third-order valence-corrected chi connectivity index (χ3v) is 4.97. The number of aliphatic imine (C=N–C) groups is 1. The van der Waals surface area contributed by atoms with E-state index in [4.69, 9.17) is 14.5 Å². The van der Waals surface area contributed by atoms with Crippen molar-refractivity contribution in [3.8, 4) is 0 Å². The Morgan fingerprint density at radius 1 is 1.17 bits per heavy atom. The number of halogens is 1. The minimum atomic E-state index is 0. The molecule has 0 amide bonds. The monoisotopic (exact) mass is 518 g/mol. The molecule has 0 aromatic heterocycles. The molecule has 1 aromatic carbocycles. The van der Waals surface area contributed by atoms with Gasteiger partial charge in [0.25, 0.3) is 0 Å². The van der Waals surface area contributed by atoms with Crippen molar-refractivity contribution >= 4 is 29.9 Å². The van der Waals surface area contributed by atoms with Crippen molar-refractivity contribution < 1.29 is 9.47 Å². The summed E-state index contributed by atoms with van der Waals surface area (Å²) in [4.78, 5) is 7.38. The largest absolute Gasteiger partial charge is 0.382 e. The van der Waals surface area contributed by atoms with Gasteiger partial charge in [-0.2, -0.15) is 0 Å². The normalized spacial score (nSPS) is 17.2. The molecule has 1 unspecified atom stereocenters. The molecule has 2 rings (SSSR count). The highest BCUT2D eigenvalue weighted by Crippen LogP contribution is 2.17. The van der Waals surface area contributed by atoms with Gasteiger partial charge in [-0.15, -0.1) is 24.0 Å². The Hall–Kier alpha value is -0.900. The quantitative estimate of drug-likeness (QED) is 0.182. The molecule has 1 aliphatic rings. The predicted octanol–water partition coefficient (Wildman–Crippen LogP) is 2.78. The summed E-state index contributed by atoms with van der Waals surface area (Å²) in [5.74, 6) is 1.57. The molecule has 1 fully saturated rings. The molecule has 7 heteroatoms. The molecule has 1 aromatic rings. The maximum absolute atomic E-state index is 5.49. The molecule has 1 heterocycles. The van der Waals surface area contributed by atoms with Gasteiger partial charge in [0.15, 0.2) is 5.96 Å². The molecule has 1 atom stereocenters. The first kappa shape index (κ1) is 26.1. The van der Waals surface area contributed by atoms with E-state index in [2.05, 4.69) is 52.8 Å². The minimum Gasteiger partial charge on any atom is -0.382 e. The number of ether oxygens (including phenoxy) is 2. The number of benzene rings is 1. The van der Waals surface area contributed by atoms with E-state index in [1.165, 1.54) is 18.5 Å². The van der Waals surface area contributed by atoms with Crippen LogP contribution in [0.2, 0.25) is 0 Å². The second-order valence-corrected chi connectivity index (χ2v) is 7.30. The van der Waals surface area contributed by atoms with Crippen molar-refractivity contribution in [3.05, 3.63) is 35.9 Å². The lowest BCUT2D eigenvalue weighted by molar-refractivity contribution is 0.0698. The summed E-state index contributed by atoms with van der Waals surface area (Å²) in [7, 11) is 1.69. The van der Waals surface area contributed by atoms with Gasteiger partial charge in [0.1, 0.15) is 0 Å². The fourth-order valence-corrected chi connectivity index (χ4v) is 3.38. The topological polar surface area (TPSA) is 58.1 Å². The SMILES string of the molecule is CCNC(=NCC1CCN(CCc2ccccc2)C1)NCCCOCCOC.I. The maximum Gasteiger partial charge on any atom is 0.191 e. The lowest BCUT2D eigenvalue weighted by atomic mass is 10.1. The zero-order chi connectivity index (χ0) is 19.9. The summed E-state index contributed by atoms with van der Waals surface area (Å²) < 4.78 is 10.5. The number of guanidine groups is 1. The van der Waals surface area contributed by atoms with Crippen LogP contribution in [0.1, 0.15) is 25.3 Å². The number of hydrogen-bond acceptors (Lipinski definition) is 4. The van der Waals surface area contributed by atoms with Crippen molar-refractivity contribution in [3.63, 3.8) is 0 Å². The van der Waals surface area contributed by atoms with E-state index in [0.717, 1.165) is 58.1 Å². The van der Waals surface area contributed by atoms with Crippen molar-refractivity contribution in [1.29, 1.82) is 0 Å². The van der Waals surface area contributed by atoms with Gasteiger partial charge in [-0.3, -0.25) is 4.99 Å². The number of nitrogens with one attached hydrogen (secondary N) is 2. The van der Waals surface area contributed by atoms with E-state index < -0.39 is 0 Å². The number of likely N-dealkylation sites (tertiary alicyclic amines) is 1. The Labute approximate surface area is 193 Å². The van der Waals surface area contributed by atoms with Crippen LogP contribution in [0.5, 0.6) is 0 Å². The minimum absolute atomic E-state index is 0. The summed E-state index contributed by atoms with van der Waals surface area (Å²) in [6.07, 6.45) is 3.34. The van der Waals surface area contributed by atoms with Gasteiger partial charge in [0, 0.05) is 46.4 Å². The number of methoxy groups -OCH3 is 1. The van der Waals surface area contributed by atoms with E-state index >= 15 is 0 Å². The third-order valence-electron chi connectivity index (χ3n) is 4.97. The first-order valence-electron chi connectivity index (χ1n) is 10.7. The first-order valence-corrected chi connectivity index (χ1v) is 10.7. The van der Waals surface area contributed by atoms with Crippen molar-refractivity contribution in [2.24, 2.45) is 10.9 Å². The van der Waals surface area contributed by atoms with Crippen LogP contribution in [0.15, 0.2) is 35.3 Å². The van der Waals surface area contributed by atoms with E-state index in [1.807, 2.05) is 0 Å². The molecule has 0 spiro atoms. The summed E-state index contributed by atoms with van der Waals surface area (Å²) >= 11 is 0. The smallest absolute Gasteiger partial charge is 0.191 e. The third kappa shape index (κ3) is 11.8. The molecule has 0 bridgehead atoms. The summed E-state index contributed by atoms with van der Waals surface area (Å²) in [6.45, 7) is 10.3. The average Bonchev–Trinajstić information content (AvgIpc) is 3.18. The van der Waals surface area contributed by atoms with Crippen LogP contribution in [0.4, 0.5) is 0 Å². The molecular weight excluding hydrogens is 479 g/mol. The van der Waals surface area contributed by atoms with Gasteiger partial charge in [-0.05, 0) is 44.2 Å². The van der Waals surface area contributed by atoms with Crippen LogP contribution in [0.3, 0.4) is 0 Å². The molecule has 2 N–H and O–H groups in total. The lowest BCUT2D eigenvalue weighted by Gasteiger charge is -2.16. The Balaban J connectivity index is 0.00000420. The second-order valence-electron chi connectivity index (χ2n) is 7.30. The molecule has 6 nitrogen and oxygen atoms in total. The molecule has 0 saturated carbocycles. The summed E-state index contributed by atoms with van der Waals surface area (Å²) in [5.41, 5.74) is 1.42. The zero-order valence-corrected chi connectivity index (χ0v) is 20.4. The Kier molecular flexibility index (Phi) is 15.2. The highest BCUT2D eigenvalue weighted by atomic mass is 127. The average molecular weight is 518 g/mol. The number of rotatable bonds is 13. The lowest BCUT2D eigenvalue weighted by Crippen LogP contribution is -2.38. The van der Waals surface area contributed by atoms with Crippen molar-refractivity contribution in [1.82, 2.24) is 15.5 Å². The molecule has 1 saturated heterocycles. The second kappa shape index (κ2) is 16.8. The first-order chi connectivity index (χ1) is 13.8. The van der Waals surface area contributed by atoms with Crippen molar-refractivity contribution in [2.75, 3.05) is 66.2 Å². The molecule has 0 radical (unpaired) electrons. The Morgan fingerprint density at radius 2 is 2.00 bits per heavy atom. The van der Waals surface area contributed by atoms with Crippen LogP contribution in [0, 0.1) is 5.92 Å². The van der Waals surface area contributed by atoms with Gasteiger partial charge < -0.3 is 25.0 Å². The van der Waals surface area contributed by atoms with Gasteiger partial charge in [0.05, 0.1) is 13.2 Å². The van der Waals surface area contributed by atoms with Crippen LogP contribution >= 0.6 is 24.0 Å². The van der Waals surface area contributed by atoms with E-state index in [1.54, 1.807) is 7.11 Å². The van der Waals surface area contributed by atoms with Crippen LogP contribution in [0.25, 0.3) is 0 Å². The van der Waals surface area contributed by atoms with Gasteiger partial charge in [-0.1, -0.05) is 30.3 Å². The van der Waals surface area contributed by atoms with Crippen LogP contribution in [-0.4, -0.2) is 77.1 Å². The zero-order valence-electron chi connectivity index (χ0n) is 18.1. The predicted molar refractivity (Wildman–Crippen MR) is 131 cm³/mol. The van der Waals surface area contributed by atoms with Gasteiger partial charge in [-0.25, -0.2) is 0 Å². The standard InChI is InChI=1S/C22H38N4O2.HI/c1-3-23-22(24-12-7-15-28-17-16-27-2)25-18-21-11-14-26(19-21)13-10-20-8-5-4-6-9-20;/h4-6,8-9,21H,3,7,10-19H2,1-2H3,(H2,23,24,25);1H. The van der Waals surface area contributed by atoms with E-state index in [0.29, 0.717) is 19.1 Å². The molecular formula is C22H39IN4O2. The molecule has 0 aliphatic carbocycles. The Bertz CT molecular complexity index is 545.